The summed E-state index contributed by atoms with van der Waals surface area (Å²) < 4.78 is 0. The number of hydrogen-bond donors (Lipinski definition) is 2. The Hall–Kier alpha value is -2.15. The van der Waals surface area contributed by atoms with Gasteiger partial charge in [0.1, 0.15) is 5.69 Å². The number of nitrogens with two attached hydrogens (primary N) is 1. The van der Waals surface area contributed by atoms with Crippen molar-refractivity contribution in [2.45, 2.75) is 32.7 Å². The van der Waals surface area contributed by atoms with Crippen LogP contribution in [0.2, 0.25) is 0 Å². The molecule has 23 heavy (non-hydrogen) atoms. The Kier molecular flexibility index (Phi) is 6.96. The minimum atomic E-state index is -0.678. The monoisotopic (exact) mass is 322 g/mol. The van der Waals surface area contributed by atoms with Gasteiger partial charge in [-0.05, 0) is 32.1 Å². The third-order valence-corrected chi connectivity index (χ3v) is 4.24. The van der Waals surface area contributed by atoms with Crippen LogP contribution in [0.5, 0.6) is 0 Å². The number of likely N-dealkylation sites (N-methyl/N-ethyl adjacent to an activating group) is 1. The van der Waals surface area contributed by atoms with Gasteiger partial charge in [-0.2, -0.15) is 0 Å². The quantitative estimate of drug-likeness (QED) is 0.537. The maximum Gasteiger partial charge on any atom is 0.293 e. The average Bonchev–Trinajstić information content (AvgIpc) is 2.50. The maximum atomic E-state index is 11.2. The Morgan fingerprint density at radius 3 is 2.39 bits per heavy atom. The van der Waals surface area contributed by atoms with Crippen molar-refractivity contribution >= 4 is 17.3 Å². The van der Waals surface area contributed by atoms with Gasteiger partial charge in [0.2, 0.25) is 5.91 Å². The van der Waals surface area contributed by atoms with Gasteiger partial charge in [0.25, 0.3) is 5.69 Å². The summed E-state index contributed by atoms with van der Waals surface area (Å²) in [4.78, 5) is 24.0. The number of nitrogens with zero attached hydrogens (tertiary/aromatic N) is 2. The molecule has 0 aliphatic carbocycles. The first-order chi connectivity index (χ1) is 10.8. The van der Waals surface area contributed by atoms with Crippen LogP contribution in [-0.4, -0.2) is 42.4 Å². The lowest BCUT2D eigenvalue weighted by Gasteiger charge is -2.31. The van der Waals surface area contributed by atoms with Crippen molar-refractivity contribution in [2.24, 2.45) is 11.7 Å². The summed E-state index contributed by atoms with van der Waals surface area (Å²) in [5.74, 6) is -0.177. The second-order valence-corrected chi connectivity index (χ2v) is 5.84. The Balaban J connectivity index is 2.99. The van der Waals surface area contributed by atoms with Crippen LogP contribution in [0, 0.1) is 16.0 Å². The van der Waals surface area contributed by atoms with E-state index in [4.69, 9.17) is 5.73 Å². The molecular weight excluding hydrogens is 296 g/mol. The molecule has 1 amide bonds. The first-order valence-corrected chi connectivity index (χ1v) is 7.80. The molecule has 3 N–H and O–H groups in total. The molecule has 7 nitrogen and oxygen atoms in total. The predicted octanol–water partition coefficient (Wildman–Crippen LogP) is 2.47. The molecule has 0 aliphatic heterocycles. The van der Waals surface area contributed by atoms with Crippen molar-refractivity contribution in [1.82, 2.24) is 4.90 Å². The van der Waals surface area contributed by atoms with E-state index in [1.807, 2.05) is 14.1 Å². The topological polar surface area (TPSA) is 101 Å². The standard InChI is InChI=1S/C16H26N4O3/c1-5-11(6-2)15(19(3)4)10-18-13-8-7-12(16(17)21)9-14(13)20(22)23/h7-9,11,15,18H,5-6,10H2,1-4H3,(H2,17,21)/t15-/m0/s1. The summed E-state index contributed by atoms with van der Waals surface area (Å²) >= 11 is 0. The van der Waals surface area contributed by atoms with Gasteiger partial charge in [0.15, 0.2) is 0 Å². The highest BCUT2D eigenvalue weighted by molar-refractivity contribution is 5.94. The van der Waals surface area contributed by atoms with Gasteiger partial charge in [0.05, 0.1) is 4.92 Å². The summed E-state index contributed by atoms with van der Waals surface area (Å²) in [6.45, 7) is 4.89. The van der Waals surface area contributed by atoms with Crippen LogP contribution in [0.25, 0.3) is 0 Å². The van der Waals surface area contributed by atoms with E-state index < -0.39 is 10.8 Å². The molecule has 0 unspecified atom stereocenters. The molecule has 1 aromatic rings. The van der Waals surface area contributed by atoms with Crippen LogP contribution in [0.15, 0.2) is 18.2 Å². The highest BCUT2D eigenvalue weighted by Crippen LogP contribution is 2.26. The largest absolute Gasteiger partial charge is 0.378 e. The molecule has 0 spiro atoms. The smallest absolute Gasteiger partial charge is 0.293 e. The number of hydrogen-bond acceptors (Lipinski definition) is 5. The van der Waals surface area contributed by atoms with Gasteiger partial charge in [0, 0.05) is 24.2 Å². The fraction of sp³-hybridized carbons (Fsp3) is 0.562. The summed E-state index contributed by atoms with van der Waals surface area (Å²) in [6.07, 6.45) is 2.09. The lowest BCUT2D eigenvalue weighted by Crippen LogP contribution is -2.40. The number of rotatable bonds is 9. The molecule has 0 fully saturated rings. The summed E-state index contributed by atoms with van der Waals surface area (Å²) in [6, 6.07) is 4.52. The van der Waals surface area contributed by atoms with E-state index in [9.17, 15) is 14.9 Å². The molecular formula is C16H26N4O3. The summed E-state index contributed by atoms with van der Waals surface area (Å²) in [7, 11) is 4.02. The third kappa shape index (κ3) is 4.92. The second-order valence-electron chi connectivity index (χ2n) is 5.84. The van der Waals surface area contributed by atoms with E-state index in [0.717, 1.165) is 12.8 Å². The first-order valence-electron chi connectivity index (χ1n) is 7.80. The van der Waals surface area contributed by atoms with Gasteiger partial charge in [-0.1, -0.05) is 26.7 Å². The lowest BCUT2D eigenvalue weighted by atomic mass is 9.93. The minimum absolute atomic E-state index is 0.131. The highest BCUT2D eigenvalue weighted by atomic mass is 16.6. The molecule has 1 aromatic carbocycles. The van der Waals surface area contributed by atoms with E-state index in [1.54, 1.807) is 0 Å². The van der Waals surface area contributed by atoms with Gasteiger partial charge >= 0.3 is 0 Å². The molecule has 0 aliphatic rings. The average molecular weight is 322 g/mol. The van der Waals surface area contributed by atoms with Crippen LogP contribution in [0.4, 0.5) is 11.4 Å². The van der Waals surface area contributed by atoms with Crippen molar-refractivity contribution < 1.29 is 9.72 Å². The number of nitrogens with one attached hydrogen (secondary N) is 1. The van der Waals surface area contributed by atoms with Crippen molar-refractivity contribution in [1.29, 1.82) is 0 Å². The first kappa shape index (κ1) is 18.9. The van der Waals surface area contributed by atoms with E-state index in [-0.39, 0.29) is 17.3 Å². The molecule has 0 bridgehead atoms. The lowest BCUT2D eigenvalue weighted by molar-refractivity contribution is -0.384. The highest BCUT2D eigenvalue weighted by Gasteiger charge is 2.22. The van der Waals surface area contributed by atoms with E-state index in [2.05, 4.69) is 24.1 Å². The molecule has 0 saturated heterocycles. The predicted molar refractivity (Wildman–Crippen MR) is 91.7 cm³/mol. The molecule has 1 atom stereocenters. The fourth-order valence-corrected chi connectivity index (χ4v) is 2.80. The zero-order valence-corrected chi connectivity index (χ0v) is 14.2. The SMILES string of the molecule is CCC(CC)[C@H](CNc1ccc(C(N)=O)cc1[N+](=O)[O-])N(C)C. The Morgan fingerprint density at radius 1 is 1.35 bits per heavy atom. The molecule has 128 valence electrons. The van der Waals surface area contributed by atoms with Crippen LogP contribution in [0.1, 0.15) is 37.0 Å². The number of primary amides is 1. The number of carbonyl (C=O) groups is 1. The number of amides is 1. The number of nitro benzene ring substituents is 1. The molecule has 0 heterocycles. The Morgan fingerprint density at radius 2 is 1.96 bits per heavy atom. The Labute approximate surface area is 137 Å². The summed E-state index contributed by atoms with van der Waals surface area (Å²) in [5.41, 5.74) is 5.58. The van der Waals surface area contributed by atoms with Crippen molar-refractivity contribution in [3.63, 3.8) is 0 Å². The van der Waals surface area contributed by atoms with E-state index in [1.165, 1.54) is 18.2 Å². The van der Waals surface area contributed by atoms with Gasteiger partial charge < -0.3 is 16.0 Å². The molecule has 1 rings (SSSR count). The molecule has 7 heteroatoms. The van der Waals surface area contributed by atoms with Crippen LogP contribution in [-0.2, 0) is 0 Å². The van der Waals surface area contributed by atoms with Crippen molar-refractivity contribution in [2.75, 3.05) is 26.0 Å². The van der Waals surface area contributed by atoms with Gasteiger partial charge in [-0.25, -0.2) is 0 Å². The Bertz CT molecular complexity index is 556. The summed E-state index contributed by atoms with van der Waals surface area (Å²) in [5, 5.41) is 14.4. The van der Waals surface area contributed by atoms with Crippen molar-refractivity contribution in [3.8, 4) is 0 Å². The third-order valence-electron chi connectivity index (χ3n) is 4.24. The van der Waals surface area contributed by atoms with Crippen molar-refractivity contribution in [3.05, 3.63) is 33.9 Å². The zero-order chi connectivity index (χ0) is 17.6. The maximum absolute atomic E-state index is 11.2. The normalized spacial score (nSPS) is 12.4. The molecule has 0 aromatic heterocycles. The van der Waals surface area contributed by atoms with Crippen LogP contribution in [0.3, 0.4) is 0 Å². The number of nitro groups is 1. The van der Waals surface area contributed by atoms with Crippen LogP contribution >= 0.6 is 0 Å². The zero-order valence-electron chi connectivity index (χ0n) is 14.2. The van der Waals surface area contributed by atoms with E-state index >= 15 is 0 Å². The number of carbonyl (C=O) groups excluding carboxylic acids is 1. The van der Waals surface area contributed by atoms with Crippen LogP contribution < -0.4 is 11.1 Å². The van der Waals surface area contributed by atoms with Gasteiger partial charge in [-0.3, -0.25) is 14.9 Å². The molecule has 0 saturated carbocycles. The van der Waals surface area contributed by atoms with Gasteiger partial charge in [-0.15, -0.1) is 0 Å². The number of benzene rings is 1. The fourth-order valence-electron chi connectivity index (χ4n) is 2.80. The molecule has 0 radical (unpaired) electrons. The minimum Gasteiger partial charge on any atom is -0.378 e. The number of anilines is 1. The van der Waals surface area contributed by atoms with E-state index in [0.29, 0.717) is 18.2 Å². The second kappa shape index (κ2) is 8.47.